The number of rotatable bonds is 6. The van der Waals surface area contributed by atoms with Crippen LogP contribution in [0.2, 0.25) is 0 Å². The number of allylic oxidation sites excluding steroid dienone is 1. The highest BCUT2D eigenvalue weighted by Crippen LogP contribution is 2.29. The Kier molecular flexibility index (Phi) is 6.03. The second-order valence-corrected chi connectivity index (χ2v) is 5.55. The van der Waals surface area contributed by atoms with Crippen molar-refractivity contribution in [2.75, 3.05) is 5.75 Å². The summed E-state index contributed by atoms with van der Waals surface area (Å²) in [5.41, 5.74) is 5.74. The van der Waals surface area contributed by atoms with Crippen molar-refractivity contribution in [2.24, 2.45) is 5.73 Å². The van der Waals surface area contributed by atoms with Gasteiger partial charge in [-0.2, -0.15) is 0 Å². The summed E-state index contributed by atoms with van der Waals surface area (Å²) < 4.78 is 0. The highest BCUT2D eigenvalue weighted by atomic mass is 33.1. The van der Waals surface area contributed by atoms with Crippen molar-refractivity contribution < 1.29 is 4.79 Å². The fourth-order valence-electron chi connectivity index (χ4n) is 0.923. The summed E-state index contributed by atoms with van der Waals surface area (Å²) in [6, 6.07) is 5.84. The predicted molar refractivity (Wildman–Crippen MR) is 70.1 cm³/mol. The third-order valence-electron chi connectivity index (χ3n) is 1.82. The van der Waals surface area contributed by atoms with E-state index in [2.05, 4.69) is 4.98 Å². The Hall–Kier alpha value is -0.940. The van der Waals surface area contributed by atoms with Crippen molar-refractivity contribution in [1.82, 2.24) is 4.98 Å². The zero-order valence-electron chi connectivity index (χ0n) is 9.05. The molecule has 2 N–H and O–H groups in total. The van der Waals surface area contributed by atoms with Gasteiger partial charge in [-0.15, -0.1) is 0 Å². The molecule has 0 saturated carbocycles. The van der Waals surface area contributed by atoms with Gasteiger partial charge >= 0.3 is 0 Å². The Morgan fingerprint density at radius 2 is 2.38 bits per heavy atom. The molecule has 1 amide bonds. The highest BCUT2D eigenvalue weighted by molar-refractivity contribution is 8.76. The molecule has 1 aromatic heterocycles. The maximum absolute atomic E-state index is 10.7. The van der Waals surface area contributed by atoms with E-state index in [1.165, 1.54) is 0 Å². The molecule has 0 unspecified atom stereocenters. The van der Waals surface area contributed by atoms with Crippen LogP contribution in [0.25, 0.3) is 0 Å². The summed E-state index contributed by atoms with van der Waals surface area (Å²) >= 11 is 0. The maximum Gasteiger partial charge on any atom is 0.244 e. The second kappa shape index (κ2) is 7.35. The normalized spacial score (nSPS) is 11.4. The molecule has 0 spiro atoms. The molecule has 0 aliphatic rings. The van der Waals surface area contributed by atoms with Crippen LogP contribution < -0.4 is 5.73 Å². The molecule has 0 fully saturated rings. The van der Waals surface area contributed by atoms with E-state index in [9.17, 15) is 4.79 Å². The number of hydrogen-bond donors (Lipinski definition) is 1. The number of hydrogen-bond acceptors (Lipinski definition) is 4. The van der Waals surface area contributed by atoms with Crippen molar-refractivity contribution in [3.63, 3.8) is 0 Å². The average Bonchev–Trinajstić information content (AvgIpc) is 2.29. The van der Waals surface area contributed by atoms with Gasteiger partial charge in [0.25, 0.3) is 0 Å². The molecule has 86 valence electrons. The molecular formula is C11H14N2OS2. The first kappa shape index (κ1) is 13.1. The monoisotopic (exact) mass is 254 g/mol. The van der Waals surface area contributed by atoms with Crippen LogP contribution in [0.5, 0.6) is 0 Å². The third kappa shape index (κ3) is 5.23. The Morgan fingerprint density at radius 1 is 1.56 bits per heavy atom. The van der Waals surface area contributed by atoms with Crippen LogP contribution >= 0.6 is 21.6 Å². The first-order valence-electron chi connectivity index (χ1n) is 4.87. The van der Waals surface area contributed by atoms with Crippen LogP contribution in [0.15, 0.2) is 41.1 Å². The average molecular weight is 254 g/mol. The van der Waals surface area contributed by atoms with Crippen molar-refractivity contribution in [3.8, 4) is 0 Å². The van der Waals surface area contributed by atoms with Gasteiger partial charge in [0, 0.05) is 17.5 Å². The molecule has 1 aromatic rings. The fraction of sp³-hybridized carbons (Fsp3) is 0.273. The largest absolute Gasteiger partial charge is 0.366 e. The second-order valence-electron chi connectivity index (χ2n) is 3.11. The minimum Gasteiger partial charge on any atom is -0.366 e. The molecular weight excluding hydrogens is 240 g/mol. The van der Waals surface area contributed by atoms with Gasteiger partial charge in [-0.3, -0.25) is 4.79 Å². The first-order valence-corrected chi connectivity index (χ1v) is 7.19. The quantitative estimate of drug-likeness (QED) is 0.482. The van der Waals surface area contributed by atoms with E-state index in [1.54, 1.807) is 34.7 Å². The predicted octanol–water partition coefficient (Wildman–Crippen LogP) is 2.64. The summed E-state index contributed by atoms with van der Waals surface area (Å²) in [5.74, 6) is 0.591. The van der Waals surface area contributed by atoms with E-state index in [0.29, 0.717) is 5.57 Å². The number of nitrogens with two attached hydrogens (primary N) is 1. The lowest BCUT2D eigenvalue weighted by Gasteiger charge is -1.98. The van der Waals surface area contributed by atoms with Crippen LogP contribution in [0.1, 0.15) is 13.3 Å². The number of amides is 1. The summed E-state index contributed by atoms with van der Waals surface area (Å²) in [5, 5.41) is 1.00. The summed E-state index contributed by atoms with van der Waals surface area (Å²) in [6.07, 6.45) is 4.49. The van der Waals surface area contributed by atoms with Crippen molar-refractivity contribution in [3.05, 3.63) is 36.0 Å². The zero-order valence-corrected chi connectivity index (χ0v) is 10.7. The summed E-state index contributed by atoms with van der Waals surface area (Å²) in [7, 11) is 3.36. The van der Waals surface area contributed by atoms with Gasteiger partial charge in [-0.1, -0.05) is 22.9 Å². The van der Waals surface area contributed by atoms with Gasteiger partial charge in [0.2, 0.25) is 5.91 Å². The van der Waals surface area contributed by atoms with Crippen LogP contribution in [0.3, 0.4) is 0 Å². The standard InChI is InChI=1S/C11H14N2OS2/c1-9(11(12)14)5-4-8-15-16-10-6-2-3-7-13-10/h2-3,5-7H,4,8H2,1H3,(H2,12,14). The van der Waals surface area contributed by atoms with Gasteiger partial charge < -0.3 is 5.73 Å². The summed E-state index contributed by atoms with van der Waals surface area (Å²) in [4.78, 5) is 14.9. The lowest BCUT2D eigenvalue weighted by atomic mass is 10.2. The Bertz CT molecular complexity index is 366. The fourth-order valence-corrected chi connectivity index (χ4v) is 2.78. The number of carbonyl (C=O) groups excluding carboxylic acids is 1. The zero-order chi connectivity index (χ0) is 11.8. The molecule has 0 radical (unpaired) electrons. The summed E-state index contributed by atoms with van der Waals surface area (Å²) in [6.45, 7) is 1.74. The van der Waals surface area contributed by atoms with E-state index < -0.39 is 0 Å². The molecule has 0 saturated heterocycles. The number of nitrogens with zero attached hydrogens (tertiary/aromatic N) is 1. The number of aromatic nitrogens is 1. The van der Waals surface area contributed by atoms with Crippen LogP contribution in [-0.2, 0) is 4.79 Å². The first-order chi connectivity index (χ1) is 7.70. The maximum atomic E-state index is 10.7. The molecule has 0 bridgehead atoms. The lowest BCUT2D eigenvalue weighted by molar-refractivity contribution is -0.114. The van der Waals surface area contributed by atoms with E-state index in [-0.39, 0.29) is 5.91 Å². The van der Waals surface area contributed by atoms with Gasteiger partial charge in [-0.25, -0.2) is 4.98 Å². The number of pyridine rings is 1. The van der Waals surface area contributed by atoms with Gasteiger partial charge in [0.1, 0.15) is 5.03 Å². The highest BCUT2D eigenvalue weighted by Gasteiger charge is 1.97. The Balaban J connectivity index is 2.18. The number of carbonyl (C=O) groups is 1. The Morgan fingerprint density at radius 3 is 3.00 bits per heavy atom. The smallest absolute Gasteiger partial charge is 0.244 e. The SMILES string of the molecule is CC(=CCCSSc1ccccn1)C(N)=O. The molecule has 0 aliphatic carbocycles. The molecule has 0 atom stereocenters. The Labute approximate surface area is 103 Å². The number of primary amides is 1. The van der Waals surface area contributed by atoms with Crippen molar-refractivity contribution in [2.45, 2.75) is 18.4 Å². The molecule has 1 heterocycles. The third-order valence-corrected chi connectivity index (χ3v) is 4.12. The van der Waals surface area contributed by atoms with Crippen LogP contribution in [0, 0.1) is 0 Å². The minimum absolute atomic E-state index is 0.345. The van der Waals surface area contributed by atoms with E-state index in [1.807, 2.05) is 24.3 Å². The van der Waals surface area contributed by atoms with E-state index in [0.717, 1.165) is 17.2 Å². The van der Waals surface area contributed by atoms with Crippen LogP contribution in [0.4, 0.5) is 0 Å². The van der Waals surface area contributed by atoms with Crippen LogP contribution in [-0.4, -0.2) is 16.6 Å². The topological polar surface area (TPSA) is 56.0 Å². The molecule has 1 rings (SSSR count). The van der Waals surface area contributed by atoms with Crippen molar-refractivity contribution >= 4 is 27.5 Å². The van der Waals surface area contributed by atoms with Gasteiger partial charge in [-0.05, 0) is 36.3 Å². The van der Waals surface area contributed by atoms with E-state index >= 15 is 0 Å². The molecule has 0 aliphatic heterocycles. The van der Waals surface area contributed by atoms with Gasteiger partial charge in [0.05, 0.1) is 0 Å². The minimum atomic E-state index is -0.345. The molecule has 0 aromatic carbocycles. The van der Waals surface area contributed by atoms with Crippen molar-refractivity contribution in [1.29, 1.82) is 0 Å². The molecule has 5 heteroatoms. The van der Waals surface area contributed by atoms with E-state index in [4.69, 9.17) is 5.73 Å². The lowest BCUT2D eigenvalue weighted by Crippen LogP contribution is -2.11. The van der Waals surface area contributed by atoms with Gasteiger partial charge in [0.15, 0.2) is 0 Å². The molecule has 16 heavy (non-hydrogen) atoms. The molecule has 3 nitrogen and oxygen atoms in total.